The average Bonchev–Trinajstić information content (AvgIpc) is 2.94. The Kier molecular flexibility index (Phi) is 4.08. The van der Waals surface area contributed by atoms with Crippen molar-refractivity contribution in [2.24, 2.45) is 11.8 Å². The Labute approximate surface area is 88.5 Å². The number of carbonyl (C=O) groups excluding carboxylic acids is 1. The first kappa shape index (κ1) is 12.0. The van der Waals surface area contributed by atoms with Crippen LogP contribution >= 0.6 is 0 Å². The number of hydrogen-bond acceptors (Lipinski definition) is 3. The van der Waals surface area contributed by atoms with Crippen LogP contribution in [0, 0.1) is 11.8 Å². The van der Waals surface area contributed by atoms with Crippen LogP contribution in [0.5, 0.6) is 0 Å². The van der Waals surface area contributed by atoms with Gasteiger partial charge in [0.15, 0.2) is 0 Å². The highest BCUT2D eigenvalue weighted by Crippen LogP contribution is 2.38. The molecule has 1 aliphatic carbocycles. The van der Waals surface area contributed by atoms with E-state index in [4.69, 9.17) is 5.11 Å². The second-order valence-corrected chi connectivity index (χ2v) is 3.97. The third-order valence-electron chi connectivity index (χ3n) is 2.58. The van der Waals surface area contributed by atoms with Gasteiger partial charge in [0.2, 0.25) is 5.91 Å². The molecular formula is C10H17NO4. The standard InChI is InChI=1S/C10H17NO4/c1-2-3-6(12)5-11-9(13)7-4-8(7)10(14)15/h6-8,12H,2-5H2,1H3,(H,11,13)(H,14,15). The van der Waals surface area contributed by atoms with Crippen LogP contribution in [-0.4, -0.2) is 34.7 Å². The maximum atomic E-state index is 11.3. The molecule has 0 radical (unpaired) electrons. The van der Waals surface area contributed by atoms with E-state index >= 15 is 0 Å². The van der Waals surface area contributed by atoms with Crippen molar-refractivity contribution in [1.29, 1.82) is 0 Å². The predicted molar refractivity (Wildman–Crippen MR) is 53.2 cm³/mol. The van der Waals surface area contributed by atoms with Crippen molar-refractivity contribution < 1.29 is 19.8 Å². The van der Waals surface area contributed by atoms with Gasteiger partial charge >= 0.3 is 5.97 Å². The van der Waals surface area contributed by atoms with Gasteiger partial charge in [-0.2, -0.15) is 0 Å². The lowest BCUT2D eigenvalue weighted by Gasteiger charge is -2.10. The van der Waals surface area contributed by atoms with E-state index < -0.39 is 23.9 Å². The predicted octanol–water partition coefficient (Wildman–Crippen LogP) is -0.0157. The maximum Gasteiger partial charge on any atom is 0.307 e. The zero-order valence-electron chi connectivity index (χ0n) is 8.77. The molecule has 0 aromatic heterocycles. The number of hydrogen-bond donors (Lipinski definition) is 3. The summed E-state index contributed by atoms with van der Waals surface area (Å²) in [5.41, 5.74) is 0. The Morgan fingerprint density at radius 1 is 1.47 bits per heavy atom. The fourth-order valence-corrected chi connectivity index (χ4v) is 1.54. The van der Waals surface area contributed by atoms with Crippen molar-refractivity contribution in [3.05, 3.63) is 0 Å². The Balaban J connectivity index is 2.18. The van der Waals surface area contributed by atoms with Crippen LogP contribution < -0.4 is 5.32 Å². The van der Waals surface area contributed by atoms with E-state index in [0.717, 1.165) is 6.42 Å². The number of nitrogens with one attached hydrogen (secondary N) is 1. The molecule has 15 heavy (non-hydrogen) atoms. The highest BCUT2D eigenvalue weighted by atomic mass is 16.4. The monoisotopic (exact) mass is 215 g/mol. The van der Waals surface area contributed by atoms with Crippen LogP contribution in [0.2, 0.25) is 0 Å². The molecule has 0 aliphatic heterocycles. The minimum absolute atomic E-state index is 0.218. The molecule has 1 rings (SSSR count). The Hall–Kier alpha value is -1.10. The van der Waals surface area contributed by atoms with E-state index in [1.165, 1.54) is 0 Å². The van der Waals surface area contributed by atoms with Crippen LogP contribution in [-0.2, 0) is 9.59 Å². The molecule has 0 aromatic carbocycles. The highest BCUT2D eigenvalue weighted by molar-refractivity contribution is 5.89. The topological polar surface area (TPSA) is 86.6 Å². The lowest BCUT2D eigenvalue weighted by molar-refractivity contribution is -0.140. The number of rotatable bonds is 6. The summed E-state index contributed by atoms with van der Waals surface area (Å²) < 4.78 is 0. The van der Waals surface area contributed by atoms with Gasteiger partial charge in [-0.15, -0.1) is 0 Å². The van der Waals surface area contributed by atoms with Crippen LogP contribution in [0.15, 0.2) is 0 Å². The number of carbonyl (C=O) groups is 2. The molecule has 3 atom stereocenters. The molecule has 0 heterocycles. The molecule has 1 saturated carbocycles. The summed E-state index contributed by atoms with van der Waals surface area (Å²) in [7, 11) is 0. The van der Waals surface area contributed by atoms with E-state index in [2.05, 4.69) is 5.32 Å². The molecule has 1 aliphatic rings. The minimum Gasteiger partial charge on any atom is -0.481 e. The largest absolute Gasteiger partial charge is 0.481 e. The molecule has 0 bridgehead atoms. The van der Waals surface area contributed by atoms with Crippen LogP contribution in [0.3, 0.4) is 0 Å². The van der Waals surface area contributed by atoms with Gasteiger partial charge in [-0.3, -0.25) is 9.59 Å². The smallest absolute Gasteiger partial charge is 0.307 e. The number of carboxylic acids is 1. The molecule has 5 nitrogen and oxygen atoms in total. The van der Waals surface area contributed by atoms with Gasteiger partial charge in [0.1, 0.15) is 0 Å². The highest BCUT2D eigenvalue weighted by Gasteiger charge is 2.48. The van der Waals surface area contributed by atoms with Crippen molar-refractivity contribution >= 4 is 11.9 Å². The van der Waals surface area contributed by atoms with Gasteiger partial charge in [0.05, 0.1) is 17.9 Å². The number of aliphatic hydroxyl groups excluding tert-OH is 1. The Morgan fingerprint density at radius 3 is 2.60 bits per heavy atom. The first-order valence-corrected chi connectivity index (χ1v) is 5.24. The van der Waals surface area contributed by atoms with Gasteiger partial charge in [0, 0.05) is 6.54 Å². The minimum atomic E-state index is -0.913. The van der Waals surface area contributed by atoms with Gasteiger partial charge in [-0.05, 0) is 12.8 Å². The van der Waals surface area contributed by atoms with Crippen LogP contribution in [0.4, 0.5) is 0 Å². The van der Waals surface area contributed by atoms with Gasteiger partial charge < -0.3 is 15.5 Å². The summed E-state index contributed by atoms with van der Waals surface area (Å²) in [6.07, 6.45) is 1.40. The Morgan fingerprint density at radius 2 is 2.13 bits per heavy atom. The van der Waals surface area contributed by atoms with Gasteiger partial charge in [0.25, 0.3) is 0 Å². The van der Waals surface area contributed by atoms with Crippen molar-refractivity contribution in [2.75, 3.05) is 6.54 Å². The van der Waals surface area contributed by atoms with Crippen molar-refractivity contribution in [1.82, 2.24) is 5.32 Å². The second kappa shape index (κ2) is 5.11. The van der Waals surface area contributed by atoms with E-state index in [-0.39, 0.29) is 12.5 Å². The van der Waals surface area contributed by atoms with E-state index in [1.807, 2.05) is 6.92 Å². The quantitative estimate of drug-likeness (QED) is 0.581. The normalized spacial score (nSPS) is 25.7. The maximum absolute atomic E-state index is 11.3. The number of carboxylic acid groups (broad SMARTS) is 1. The van der Waals surface area contributed by atoms with Crippen molar-refractivity contribution in [3.8, 4) is 0 Å². The summed E-state index contributed by atoms with van der Waals surface area (Å²) in [6.45, 7) is 2.17. The lowest BCUT2D eigenvalue weighted by atomic mass is 10.2. The zero-order chi connectivity index (χ0) is 11.4. The molecule has 1 fully saturated rings. The van der Waals surface area contributed by atoms with Crippen molar-refractivity contribution in [2.45, 2.75) is 32.3 Å². The van der Waals surface area contributed by atoms with Gasteiger partial charge in [-0.1, -0.05) is 13.3 Å². The first-order valence-electron chi connectivity index (χ1n) is 5.24. The summed E-state index contributed by atoms with van der Waals surface area (Å²) in [5, 5.41) is 20.5. The first-order chi connectivity index (χ1) is 7.06. The molecule has 3 unspecified atom stereocenters. The molecule has 86 valence electrons. The van der Waals surface area contributed by atoms with Gasteiger partial charge in [-0.25, -0.2) is 0 Å². The average molecular weight is 215 g/mol. The number of amides is 1. The summed E-state index contributed by atoms with van der Waals surface area (Å²) in [5.74, 6) is -2.08. The third-order valence-corrected chi connectivity index (χ3v) is 2.58. The molecule has 1 amide bonds. The van der Waals surface area contributed by atoms with E-state index in [0.29, 0.717) is 12.8 Å². The molecular weight excluding hydrogens is 198 g/mol. The summed E-state index contributed by atoms with van der Waals surface area (Å²) in [4.78, 5) is 21.8. The summed E-state index contributed by atoms with van der Waals surface area (Å²) in [6, 6.07) is 0. The summed E-state index contributed by atoms with van der Waals surface area (Å²) >= 11 is 0. The SMILES string of the molecule is CCCC(O)CNC(=O)C1CC1C(=O)O. The molecule has 3 N–H and O–H groups in total. The second-order valence-electron chi connectivity index (χ2n) is 3.97. The fraction of sp³-hybridized carbons (Fsp3) is 0.800. The zero-order valence-corrected chi connectivity index (χ0v) is 8.77. The molecule has 5 heteroatoms. The number of aliphatic hydroxyl groups is 1. The van der Waals surface area contributed by atoms with E-state index in [9.17, 15) is 14.7 Å². The van der Waals surface area contributed by atoms with Crippen LogP contribution in [0.1, 0.15) is 26.2 Å². The van der Waals surface area contributed by atoms with Crippen molar-refractivity contribution in [3.63, 3.8) is 0 Å². The molecule has 0 spiro atoms. The lowest BCUT2D eigenvalue weighted by Crippen LogP contribution is -2.33. The Bertz CT molecular complexity index is 254. The molecule has 0 aromatic rings. The van der Waals surface area contributed by atoms with E-state index in [1.54, 1.807) is 0 Å². The molecule has 0 saturated heterocycles. The fourth-order valence-electron chi connectivity index (χ4n) is 1.54. The number of aliphatic carboxylic acids is 1. The third kappa shape index (κ3) is 3.51. The van der Waals surface area contributed by atoms with Crippen LogP contribution in [0.25, 0.3) is 0 Å².